The summed E-state index contributed by atoms with van der Waals surface area (Å²) < 4.78 is 79.5. The molecule has 20 heteroatoms. The molecule has 4 aromatic carbocycles. The van der Waals surface area contributed by atoms with Gasteiger partial charge in [0.05, 0.1) is 22.3 Å². The summed E-state index contributed by atoms with van der Waals surface area (Å²) in [6.07, 6.45) is 2.76. The molecule has 0 bridgehead atoms. The molecule has 4 fully saturated rings. The first-order chi connectivity index (χ1) is 32.3. The van der Waals surface area contributed by atoms with Gasteiger partial charge in [-0.1, -0.05) is 0 Å². The molecule has 16 nitrogen and oxygen atoms in total. The van der Waals surface area contributed by atoms with Gasteiger partial charge in [0.2, 0.25) is 17.6 Å². The van der Waals surface area contributed by atoms with E-state index in [4.69, 9.17) is 4.74 Å². The van der Waals surface area contributed by atoms with Crippen LogP contribution in [-0.2, 0) is 26.3 Å². The number of piperidine rings is 2. The normalized spacial score (nSPS) is 21.0. The maximum Gasteiger partial charge on any atom is 0.301 e. The molecule has 2 N–H and O–H groups in total. The van der Waals surface area contributed by atoms with Gasteiger partial charge in [0.1, 0.15) is 24.3 Å². The minimum Gasteiger partial charge on any atom is -0.451 e. The second-order valence-electron chi connectivity index (χ2n) is 17.8. The molecule has 2 atom stereocenters. The number of imide groups is 1. The van der Waals surface area contributed by atoms with Crippen molar-refractivity contribution in [1.82, 2.24) is 29.0 Å². The van der Waals surface area contributed by atoms with E-state index >= 15 is 4.39 Å². The maximum absolute atomic E-state index is 15.5. The van der Waals surface area contributed by atoms with Gasteiger partial charge in [-0.3, -0.25) is 38.7 Å². The van der Waals surface area contributed by atoms with Crippen LogP contribution < -0.4 is 30.1 Å². The number of rotatable bonds is 11. The molecule has 0 saturated carbocycles. The van der Waals surface area contributed by atoms with Gasteiger partial charge in [-0.25, -0.2) is 18.2 Å². The first kappa shape index (κ1) is 44.3. The highest BCUT2D eigenvalue weighted by Gasteiger charge is 2.39. The molecule has 67 heavy (non-hydrogen) atoms. The Morgan fingerprint density at radius 1 is 0.791 bits per heavy atom. The predicted molar refractivity (Wildman–Crippen MR) is 243 cm³/mol. The Balaban J connectivity index is 0.726. The summed E-state index contributed by atoms with van der Waals surface area (Å²) in [7, 11) is -4.32. The van der Waals surface area contributed by atoms with Gasteiger partial charge < -0.3 is 19.4 Å². The number of ether oxygens (including phenoxy) is 1. The van der Waals surface area contributed by atoms with Crippen LogP contribution in [0.15, 0.2) is 83.9 Å². The Bertz CT molecular complexity index is 2940. The summed E-state index contributed by atoms with van der Waals surface area (Å²) in [4.78, 5) is 64.3. The fourth-order valence-corrected chi connectivity index (χ4v) is 11.1. The van der Waals surface area contributed by atoms with E-state index in [0.717, 1.165) is 92.0 Å². The fourth-order valence-electron chi connectivity index (χ4n) is 9.79. The number of fused-ring (bicyclic) bond motifs is 2. The number of carbonyl (C=O) groups is 3. The Labute approximate surface area is 384 Å². The van der Waals surface area contributed by atoms with Crippen molar-refractivity contribution in [3.05, 3.63) is 112 Å². The molecule has 4 saturated heterocycles. The molecule has 3 amide bonds. The number of halogens is 3. The molecule has 2 unspecified atom stereocenters. The van der Waals surface area contributed by atoms with Crippen LogP contribution in [-0.4, -0.2) is 121 Å². The number of amides is 3. The highest BCUT2D eigenvalue weighted by Crippen LogP contribution is 2.35. The van der Waals surface area contributed by atoms with Crippen molar-refractivity contribution >= 4 is 55.9 Å². The highest BCUT2D eigenvalue weighted by atomic mass is 32.2. The highest BCUT2D eigenvalue weighted by molar-refractivity contribution is 7.90. The zero-order valence-electron chi connectivity index (χ0n) is 36.4. The number of hydrogen-bond acceptors (Lipinski definition) is 11. The quantitative estimate of drug-likeness (QED) is 0.172. The lowest BCUT2D eigenvalue weighted by molar-refractivity contribution is -0.136. The lowest BCUT2D eigenvalue weighted by Gasteiger charge is -2.40. The summed E-state index contributed by atoms with van der Waals surface area (Å²) in [5.74, 6) is -3.71. The van der Waals surface area contributed by atoms with E-state index in [1.165, 1.54) is 29.1 Å². The zero-order valence-corrected chi connectivity index (χ0v) is 37.2. The van der Waals surface area contributed by atoms with Crippen molar-refractivity contribution in [2.45, 2.75) is 50.9 Å². The third kappa shape index (κ3) is 8.92. The molecular weight excluding hydrogens is 892 g/mol. The summed E-state index contributed by atoms with van der Waals surface area (Å²) in [5.41, 5.74) is 3.50. The molecule has 1 aromatic heterocycles. The number of aromatic nitrogens is 2. The van der Waals surface area contributed by atoms with E-state index in [1.54, 1.807) is 4.90 Å². The number of anilines is 3. The summed E-state index contributed by atoms with van der Waals surface area (Å²) >= 11 is 0. The van der Waals surface area contributed by atoms with Gasteiger partial charge in [-0.2, -0.15) is 12.7 Å². The van der Waals surface area contributed by atoms with Crippen molar-refractivity contribution in [3.63, 3.8) is 0 Å². The van der Waals surface area contributed by atoms with Crippen LogP contribution in [0.25, 0.3) is 16.6 Å². The summed E-state index contributed by atoms with van der Waals surface area (Å²) in [6.45, 7) is 6.26. The number of hydrogen-bond donors (Lipinski definition) is 2. The smallest absolute Gasteiger partial charge is 0.301 e. The Morgan fingerprint density at radius 3 is 2.25 bits per heavy atom. The Kier molecular flexibility index (Phi) is 11.9. The van der Waals surface area contributed by atoms with Crippen LogP contribution in [0.1, 0.15) is 48.0 Å². The van der Waals surface area contributed by atoms with Crippen LogP contribution in [0.3, 0.4) is 0 Å². The number of nitrogens with zero attached hydrogens (tertiary/aromatic N) is 7. The molecule has 0 radical (unpaired) electrons. The van der Waals surface area contributed by atoms with Crippen molar-refractivity contribution in [2.75, 3.05) is 73.4 Å². The maximum atomic E-state index is 15.5. The van der Waals surface area contributed by atoms with Crippen molar-refractivity contribution in [3.8, 4) is 17.2 Å². The van der Waals surface area contributed by atoms with Crippen LogP contribution in [0.2, 0.25) is 0 Å². The SMILES string of the molecule is O=C1CCC(N2Cc3cc(N4CCC(CN5CCN(c6ccc(-n7cnc8ccc(Oc9c(F)ccc(NS(=O)(=O)N%10CCC(F)C%10)c9F)cc8c7=O)cc6)CC5)CC4)ccc3C2=O)C(=O)N1. The van der Waals surface area contributed by atoms with Gasteiger partial charge in [-0.15, -0.1) is 0 Å². The number of nitrogens with one attached hydrogen (secondary N) is 2. The van der Waals surface area contributed by atoms with Crippen LogP contribution in [0, 0.1) is 17.6 Å². The van der Waals surface area contributed by atoms with Crippen LogP contribution >= 0.6 is 0 Å². The largest absolute Gasteiger partial charge is 0.451 e. The number of piperazine rings is 1. The second kappa shape index (κ2) is 17.9. The van der Waals surface area contributed by atoms with E-state index in [0.29, 0.717) is 35.7 Å². The van der Waals surface area contributed by atoms with Crippen molar-refractivity contribution in [2.24, 2.45) is 5.92 Å². The molecule has 350 valence electrons. The van der Waals surface area contributed by atoms with Gasteiger partial charge in [0.15, 0.2) is 11.6 Å². The minimum atomic E-state index is -4.32. The third-order valence-electron chi connectivity index (χ3n) is 13.5. The summed E-state index contributed by atoms with van der Waals surface area (Å²) in [6, 6.07) is 18.9. The average molecular weight is 940 g/mol. The third-order valence-corrected chi connectivity index (χ3v) is 15.0. The molecule has 0 spiro atoms. The standard InChI is InChI=1S/C47H48F3N9O7S/c48-31-15-18-57(27-31)67(64,65)53-40-10-8-38(49)44(43(40)50)66-35-6-9-39-37(24-35)47(63)59(28-51-39)33-3-1-32(2-4-33)56-21-19-54(20-22-56)25-29-13-16-55(17-14-29)34-5-7-36-30(23-34)26-58(46(36)62)41-11-12-42(60)52-45(41)61/h1-10,23-24,28-29,31,41,53H,11-22,25-27H2,(H,52,60,61). The van der Waals surface area contributed by atoms with Crippen LogP contribution in [0.5, 0.6) is 11.5 Å². The van der Waals surface area contributed by atoms with Gasteiger partial charge >= 0.3 is 10.2 Å². The first-order valence-electron chi connectivity index (χ1n) is 22.5. The fraction of sp³-hybridized carbons (Fsp3) is 0.383. The van der Waals surface area contributed by atoms with Crippen LogP contribution in [0.4, 0.5) is 30.2 Å². The molecule has 5 aromatic rings. The average Bonchev–Trinajstić information content (AvgIpc) is 3.92. The second-order valence-corrected chi connectivity index (χ2v) is 19.4. The van der Waals surface area contributed by atoms with E-state index < -0.39 is 57.0 Å². The van der Waals surface area contributed by atoms with E-state index in [1.807, 2.05) is 41.1 Å². The molecule has 5 aliphatic rings. The zero-order chi connectivity index (χ0) is 46.6. The molecule has 5 aliphatic heterocycles. The van der Waals surface area contributed by atoms with Crippen molar-refractivity contribution in [1.29, 1.82) is 0 Å². The van der Waals surface area contributed by atoms with Gasteiger partial charge in [0.25, 0.3) is 11.5 Å². The molecule has 6 heterocycles. The van der Waals surface area contributed by atoms with Crippen molar-refractivity contribution < 1.29 is 40.7 Å². The van der Waals surface area contributed by atoms with Gasteiger partial charge in [-0.05, 0) is 110 Å². The lowest BCUT2D eigenvalue weighted by Crippen LogP contribution is -2.52. The molecular formula is C47H48F3N9O7S. The number of alkyl halides is 1. The topological polar surface area (TPSA) is 170 Å². The minimum absolute atomic E-state index is 0.0125. The van der Waals surface area contributed by atoms with E-state index in [9.17, 15) is 36.4 Å². The van der Waals surface area contributed by atoms with E-state index in [-0.39, 0.29) is 48.9 Å². The van der Waals surface area contributed by atoms with E-state index in [2.05, 4.69) is 31.1 Å². The number of benzene rings is 4. The Morgan fingerprint density at radius 2 is 1.52 bits per heavy atom. The monoisotopic (exact) mass is 939 g/mol. The molecule has 0 aliphatic carbocycles. The predicted octanol–water partition coefficient (Wildman–Crippen LogP) is 4.96. The first-order valence-corrected chi connectivity index (χ1v) is 23.9. The summed E-state index contributed by atoms with van der Waals surface area (Å²) in [5, 5.41) is 2.48. The lowest BCUT2D eigenvalue weighted by atomic mass is 9.95. The van der Waals surface area contributed by atoms with Gasteiger partial charge in [0, 0.05) is 88.8 Å². The number of carbonyl (C=O) groups excluding carboxylic acids is 3. The Hall–Kier alpha value is -6.51. The molecule has 10 rings (SSSR count).